The van der Waals surface area contributed by atoms with Gasteiger partial charge in [-0.25, -0.2) is 4.52 Å². The van der Waals surface area contributed by atoms with Crippen LogP contribution < -0.4 is 14.8 Å². The van der Waals surface area contributed by atoms with Crippen molar-refractivity contribution in [3.8, 4) is 23.3 Å². The number of benzene rings is 2. The van der Waals surface area contributed by atoms with Crippen LogP contribution in [0, 0.1) is 18.3 Å². The fraction of sp³-hybridized carbons (Fsp3) is 0.0909. The third-order valence-corrected chi connectivity index (χ3v) is 4.41. The third-order valence-electron chi connectivity index (χ3n) is 4.41. The topological polar surface area (TPSA) is 71.6 Å². The zero-order chi connectivity index (χ0) is 19.5. The lowest BCUT2D eigenvalue weighted by Gasteiger charge is -2.12. The fourth-order valence-electron chi connectivity index (χ4n) is 3.00. The second kappa shape index (κ2) is 7.33. The van der Waals surface area contributed by atoms with E-state index < -0.39 is 0 Å². The van der Waals surface area contributed by atoms with Gasteiger partial charge in [0.25, 0.3) is 0 Å². The van der Waals surface area contributed by atoms with Crippen LogP contribution in [0.1, 0.15) is 11.1 Å². The monoisotopic (exact) mass is 370 g/mol. The number of nitriles is 1. The van der Waals surface area contributed by atoms with Crippen molar-refractivity contribution < 1.29 is 9.47 Å². The van der Waals surface area contributed by atoms with E-state index >= 15 is 0 Å². The molecule has 0 fully saturated rings. The van der Waals surface area contributed by atoms with Crippen molar-refractivity contribution in [3.05, 3.63) is 78.1 Å². The van der Waals surface area contributed by atoms with E-state index in [-0.39, 0.29) is 0 Å². The summed E-state index contributed by atoms with van der Waals surface area (Å²) in [7, 11) is 1.62. The van der Waals surface area contributed by atoms with E-state index in [1.165, 1.54) is 0 Å². The molecule has 138 valence electrons. The molecule has 6 heteroatoms. The minimum absolute atomic E-state index is 0.492. The van der Waals surface area contributed by atoms with Gasteiger partial charge in [-0.3, -0.25) is 0 Å². The van der Waals surface area contributed by atoms with Crippen molar-refractivity contribution in [3.63, 3.8) is 0 Å². The van der Waals surface area contributed by atoms with Crippen LogP contribution in [0.4, 0.5) is 11.4 Å². The van der Waals surface area contributed by atoms with Crippen LogP contribution >= 0.6 is 0 Å². The first-order valence-corrected chi connectivity index (χ1v) is 8.74. The van der Waals surface area contributed by atoms with Gasteiger partial charge >= 0.3 is 0 Å². The molecule has 0 aliphatic carbocycles. The van der Waals surface area contributed by atoms with Crippen LogP contribution in [0.25, 0.3) is 5.52 Å². The number of methoxy groups -OCH3 is 1. The van der Waals surface area contributed by atoms with Crippen molar-refractivity contribution in [1.29, 1.82) is 5.26 Å². The summed E-state index contributed by atoms with van der Waals surface area (Å²) in [6, 6.07) is 19.2. The van der Waals surface area contributed by atoms with Crippen molar-refractivity contribution in [2.75, 3.05) is 12.4 Å². The highest BCUT2D eigenvalue weighted by Crippen LogP contribution is 2.30. The summed E-state index contributed by atoms with van der Waals surface area (Å²) < 4.78 is 12.9. The molecular formula is C22H18N4O2. The Morgan fingerprint density at radius 2 is 1.82 bits per heavy atom. The maximum atomic E-state index is 9.47. The van der Waals surface area contributed by atoms with Gasteiger partial charge in [0.05, 0.1) is 30.1 Å². The number of ether oxygens (including phenoxy) is 2. The van der Waals surface area contributed by atoms with Crippen LogP contribution in [-0.4, -0.2) is 16.7 Å². The Hall–Kier alpha value is -3.98. The first kappa shape index (κ1) is 17.4. The molecule has 2 aromatic heterocycles. The molecular weight excluding hydrogens is 352 g/mol. The van der Waals surface area contributed by atoms with E-state index in [1.807, 2.05) is 67.7 Å². The van der Waals surface area contributed by atoms with Gasteiger partial charge in [-0.2, -0.15) is 10.4 Å². The standard InChI is InChI=1S/C22H18N4O2/c1-15-10-11-26-22(15)21(16(13-23)14-24-26)25-17-6-8-18(9-7-17)28-20-5-3-4-19(12-20)27-2/h3-12,14,25H,1-2H3. The van der Waals surface area contributed by atoms with E-state index in [1.54, 1.807) is 17.8 Å². The number of hydrogen-bond acceptors (Lipinski definition) is 5. The fourth-order valence-corrected chi connectivity index (χ4v) is 3.00. The zero-order valence-electron chi connectivity index (χ0n) is 15.5. The summed E-state index contributed by atoms with van der Waals surface area (Å²) >= 11 is 0. The first-order chi connectivity index (χ1) is 13.7. The highest BCUT2D eigenvalue weighted by molar-refractivity contribution is 5.84. The Balaban J connectivity index is 1.59. The Bertz CT molecular complexity index is 1170. The van der Waals surface area contributed by atoms with Crippen LogP contribution in [0.2, 0.25) is 0 Å². The second-order valence-corrected chi connectivity index (χ2v) is 6.27. The number of rotatable bonds is 5. The molecule has 0 amide bonds. The van der Waals surface area contributed by atoms with Crippen molar-refractivity contribution in [2.24, 2.45) is 0 Å². The molecule has 0 aliphatic heterocycles. The summed E-state index contributed by atoms with van der Waals surface area (Å²) in [5.74, 6) is 2.15. The van der Waals surface area contributed by atoms with E-state index in [2.05, 4.69) is 16.5 Å². The molecule has 4 rings (SSSR count). The molecule has 0 spiro atoms. The average Bonchev–Trinajstić information content (AvgIpc) is 3.11. The lowest BCUT2D eigenvalue weighted by Crippen LogP contribution is -2.00. The van der Waals surface area contributed by atoms with Gasteiger partial charge in [-0.1, -0.05) is 6.07 Å². The molecule has 6 nitrogen and oxygen atoms in total. The maximum Gasteiger partial charge on any atom is 0.131 e. The largest absolute Gasteiger partial charge is 0.497 e. The van der Waals surface area contributed by atoms with E-state index in [4.69, 9.17) is 9.47 Å². The lowest BCUT2D eigenvalue weighted by atomic mass is 10.2. The number of nitrogens with one attached hydrogen (secondary N) is 1. The number of nitrogens with zero attached hydrogens (tertiary/aromatic N) is 3. The van der Waals surface area contributed by atoms with E-state index in [0.29, 0.717) is 17.1 Å². The molecule has 0 unspecified atom stereocenters. The lowest BCUT2D eigenvalue weighted by molar-refractivity contribution is 0.409. The molecule has 0 radical (unpaired) electrons. The van der Waals surface area contributed by atoms with E-state index in [0.717, 1.165) is 28.2 Å². The summed E-state index contributed by atoms with van der Waals surface area (Å²) in [5.41, 5.74) is 4.01. The Morgan fingerprint density at radius 3 is 2.57 bits per heavy atom. The summed E-state index contributed by atoms with van der Waals surface area (Å²) in [5, 5.41) is 17.1. The van der Waals surface area contributed by atoms with Gasteiger partial charge in [0, 0.05) is 18.0 Å². The molecule has 4 aromatic rings. The smallest absolute Gasteiger partial charge is 0.131 e. The molecule has 0 aliphatic rings. The number of aromatic nitrogens is 2. The average molecular weight is 370 g/mol. The molecule has 0 saturated heterocycles. The van der Waals surface area contributed by atoms with Gasteiger partial charge in [0.2, 0.25) is 0 Å². The molecule has 28 heavy (non-hydrogen) atoms. The van der Waals surface area contributed by atoms with Gasteiger partial charge < -0.3 is 14.8 Å². The number of hydrogen-bond donors (Lipinski definition) is 1. The number of anilines is 2. The molecule has 0 saturated carbocycles. The van der Waals surface area contributed by atoms with Gasteiger partial charge in [0.15, 0.2) is 0 Å². The number of fused-ring (bicyclic) bond motifs is 1. The highest BCUT2D eigenvalue weighted by atomic mass is 16.5. The number of aryl methyl sites for hydroxylation is 1. The third kappa shape index (κ3) is 3.33. The Labute approximate surface area is 162 Å². The van der Waals surface area contributed by atoms with Gasteiger partial charge in [-0.15, -0.1) is 0 Å². The van der Waals surface area contributed by atoms with Crippen molar-refractivity contribution in [1.82, 2.24) is 9.61 Å². The SMILES string of the molecule is COc1cccc(Oc2ccc(Nc3c(C#N)cnn4ccc(C)c34)cc2)c1. The summed E-state index contributed by atoms with van der Waals surface area (Å²) in [4.78, 5) is 0. The van der Waals surface area contributed by atoms with Crippen LogP contribution in [-0.2, 0) is 0 Å². The molecule has 2 aromatic carbocycles. The van der Waals surface area contributed by atoms with Crippen LogP contribution in [0.3, 0.4) is 0 Å². The molecule has 0 bridgehead atoms. The molecule has 0 atom stereocenters. The second-order valence-electron chi connectivity index (χ2n) is 6.27. The van der Waals surface area contributed by atoms with Crippen LogP contribution in [0.15, 0.2) is 67.0 Å². The molecule has 1 N–H and O–H groups in total. The maximum absolute atomic E-state index is 9.47. The summed E-state index contributed by atoms with van der Waals surface area (Å²) in [6.07, 6.45) is 3.44. The predicted octanol–water partition coefficient (Wildman–Crippen LogP) is 5.06. The van der Waals surface area contributed by atoms with E-state index in [9.17, 15) is 5.26 Å². The highest BCUT2D eigenvalue weighted by Gasteiger charge is 2.12. The van der Waals surface area contributed by atoms with Crippen molar-refractivity contribution in [2.45, 2.75) is 6.92 Å². The Kier molecular flexibility index (Phi) is 4.56. The molecule has 2 heterocycles. The predicted molar refractivity (Wildman–Crippen MR) is 107 cm³/mol. The Morgan fingerprint density at radius 1 is 1.04 bits per heavy atom. The summed E-state index contributed by atoms with van der Waals surface area (Å²) in [6.45, 7) is 1.99. The normalized spacial score (nSPS) is 10.5. The first-order valence-electron chi connectivity index (χ1n) is 8.74. The van der Waals surface area contributed by atoms with Gasteiger partial charge in [0.1, 0.15) is 23.3 Å². The minimum atomic E-state index is 0.492. The van der Waals surface area contributed by atoms with Gasteiger partial charge in [-0.05, 0) is 55.0 Å². The van der Waals surface area contributed by atoms with Crippen LogP contribution in [0.5, 0.6) is 17.2 Å². The minimum Gasteiger partial charge on any atom is -0.497 e. The quantitative estimate of drug-likeness (QED) is 0.532. The zero-order valence-corrected chi connectivity index (χ0v) is 15.5. The van der Waals surface area contributed by atoms with Crippen molar-refractivity contribution >= 4 is 16.9 Å².